The molecule has 0 bridgehead atoms. The summed E-state index contributed by atoms with van der Waals surface area (Å²) < 4.78 is 5.27. The minimum atomic E-state index is -0.785. The number of urea groups is 1. The topological polar surface area (TPSA) is 95.7 Å². The van der Waals surface area contributed by atoms with Crippen molar-refractivity contribution in [2.75, 3.05) is 6.54 Å². The number of carboxylic acids is 1. The fraction of sp³-hybridized carbons (Fsp3) is 0.615. The van der Waals surface area contributed by atoms with Crippen molar-refractivity contribution in [2.45, 2.75) is 39.3 Å². The van der Waals surface area contributed by atoms with E-state index in [4.69, 9.17) is 9.52 Å². The van der Waals surface area contributed by atoms with Gasteiger partial charge in [-0.25, -0.2) is 9.78 Å². The van der Waals surface area contributed by atoms with E-state index in [1.54, 1.807) is 18.0 Å². The van der Waals surface area contributed by atoms with Crippen molar-refractivity contribution in [2.24, 2.45) is 5.92 Å². The fourth-order valence-corrected chi connectivity index (χ4v) is 2.43. The number of aromatic nitrogens is 1. The van der Waals surface area contributed by atoms with Crippen molar-refractivity contribution < 1.29 is 19.1 Å². The molecule has 20 heavy (non-hydrogen) atoms. The predicted molar refractivity (Wildman–Crippen MR) is 70.0 cm³/mol. The molecule has 0 spiro atoms. The lowest BCUT2D eigenvalue weighted by molar-refractivity contribution is -0.143. The highest BCUT2D eigenvalue weighted by Gasteiger charge is 2.32. The predicted octanol–water partition coefficient (Wildman–Crippen LogP) is 1.38. The molecule has 2 N–H and O–H groups in total. The average molecular weight is 281 g/mol. The van der Waals surface area contributed by atoms with Crippen LogP contribution in [0.15, 0.2) is 10.6 Å². The number of carbonyl (C=O) groups is 2. The molecule has 2 rings (SSSR count). The van der Waals surface area contributed by atoms with Crippen LogP contribution in [-0.4, -0.2) is 39.6 Å². The Bertz CT molecular complexity index is 500. The molecule has 110 valence electrons. The number of aryl methyl sites for hydroxylation is 1. The number of nitrogens with one attached hydrogen (secondary N) is 1. The third kappa shape index (κ3) is 3.28. The maximum atomic E-state index is 12.1. The number of carboxylic acid groups (broad SMARTS) is 1. The Labute approximate surface area is 117 Å². The number of amides is 2. The highest BCUT2D eigenvalue weighted by atomic mass is 16.4. The van der Waals surface area contributed by atoms with E-state index in [9.17, 15) is 9.59 Å². The molecular formula is C13H19N3O4. The van der Waals surface area contributed by atoms with Gasteiger partial charge in [0, 0.05) is 12.6 Å². The van der Waals surface area contributed by atoms with E-state index in [-0.39, 0.29) is 24.5 Å². The van der Waals surface area contributed by atoms with Gasteiger partial charge in [0.25, 0.3) is 0 Å². The number of oxazole rings is 1. The van der Waals surface area contributed by atoms with Crippen LogP contribution in [0.1, 0.15) is 31.4 Å². The van der Waals surface area contributed by atoms with E-state index in [0.717, 1.165) is 0 Å². The van der Waals surface area contributed by atoms with Gasteiger partial charge in [-0.1, -0.05) is 0 Å². The molecule has 2 atom stereocenters. The normalized spacial score (nSPS) is 22.6. The molecule has 1 fully saturated rings. The van der Waals surface area contributed by atoms with Gasteiger partial charge in [-0.05, 0) is 26.7 Å². The summed E-state index contributed by atoms with van der Waals surface area (Å²) in [6, 6.07) is -0.298. The minimum Gasteiger partial charge on any atom is -0.481 e. The van der Waals surface area contributed by atoms with Crippen LogP contribution < -0.4 is 5.32 Å². The summed E-state index contributed by atoms with van der Waals surface area (Å²) in [5.41, 5.74) is 0. The standard InChI is InChI=1S/C13H19N3O4/c1-8-5-10(12(17)18)3-4-16(8)13(19)15-7-11-14-6-9(2)20-11/h6,8,10H,3-5,7H2,1-2H3,(H,15,19)(H,17,18). The van der Waals surface area contributed by atoms with E-state index in [1.807, 2.05) is 6.92 Å². The lowest BCUT2D eigenvalue weighted by atomic mass is 9.92. The van der Waals surface area contributed by atoms with Crippen LogP contribution in [0.5, 0.6) is 0 Å². The number of aliphatic carboxylic acids is 1. The highest BCUT2D eigenvalue weighted by Crippen LogP contribution is 2.22. The van der Waals surface area contributed by atoms with Gasteiger partial charge in [-0.3, -0.25) is 4.79 Å². The summed E-state index contributed by atoms with van der Waals surface area (Å²) in [6.45, 7) is 4.34. The molecule has 1 aliphatic heterocycles. The molecule has 0 radical (unpaired) electrons. The van der Waals surface area contributed by atoms with Gasteiger partial charge in [-0.2, -0.15) is 0 Å². The van der Waals surface area contributed by atoms with Crippen molar-refractivity contribution in [1.82, 2.24) is 15.2 Å². The van der Waals surface area contributed by atoms with E-state index in [0.29, 0.717) is 31.0 Å². The molecule has 1 saturated heterocycles. The smallest absolute Gasteiger partial charge is 0.318 e. The van der Waals surface area contributed by atoms with Crippen LogP contribution in [0, 0.1) is 12.8 Å². The number of rotatable bonds is 3. The second-order valence-electron chi connectivity index (χ2n) is 5.13. The molecule has 0 saturated carbocycles. The molecule has 1 aromatic rings. The van der Waals surface area contributed by atoms with Crippen LogP contribution in [0.3, 0.4) is 0 Å². The number of likely N-dealkylation sites (tertiary alicyclic amines) is 1. The fourth-order valence-electron chi connectivity index (χ4n) is 2.43. The zero-order chi connectivity index (χ0) is 14.7. The van der Waals surface area contributed by atoms with Gasteiger partial charge in [0.1, 0.15) is 5.76 Å². The Hall–Kier alpha value is -2.05. The second kappa shape index (κ2) is 5.94. The van der Waals surface area contributed by atoms with Crippen molar-refractivity contribution in [3.63, 3.8) is 0 Å². The molecule has 1 aromatic heterocycles. The van der Waals surface area contributed by atoms with Crippen molar-refractivity contribution in [3.8, 4) is 0 Å². The lowest BCUT2D eigenvalue weighted by Crippen LogP contribution is -2.50. The summed E-state index contributed by atoms with van der Waals surface area (Å²) in [7, 11) is 0. The summed E-state index contributed by atoms with van der Waals surface area (Å²) >= 11 is 0. The van der Waals surface area contributed by atoms with Crippen LogP contribution >= 0.6 is 0 Å². The zero-order valence-corrected chi connectivity index (χ0v) is 11.6. The zero-order valence-electron chi connectivity index (χ0n) is 11.6. The molecule has 2 heterocycles. The Balaban J connectivity index is 1.85. The van der Waals surface area contributed by atoms with Gasteiger partial charge in [0.15, 0.2) is 0 Å². The maximum absolute atomic E-state index is 12.1. The van der Waals surface area contributed by atoms with E-state index in [2.05, 4.69) is 10.3 Å². The first-order chi connectivity index (χ1) is 9.47. The summed E-state index contributed by atoms with van der Waals surface area (Å²) in [6.07, 6.45) is 2.58. The summed E-state index contributed by atoms with van der Waals surface area (Å²) in [4.78, 5) is 28.7. The molecule has 7 heteroatoms. The number of hydrogen-bond acceptors (Lipinski definition) is 4. The molecule has 0 aliphatic carbocycles. The van der Waals surface area contributed by atoms with Crippen LogP contribution in [-0.2, 0) is 11.3 Å². The number of carbonyl (C=O) groups excluding carboxylic acids is 1. The van der Waals surface area contributed by atoms with Gasteiger partial charge >= 0.3 is 12.0 Å². The van der Waals surface area contributed by atoms with Gasteiger partial charge in [0.2, 0.25) is 5.89 Å². The number of piperidine rings is 1. The van der Waals surface area contributed by atoms with Gasteiger partial charge < -0.3 is 19.7 Å². The lowest BCUT2D eigenvalue weighted by Gasteiger charge is -2.36. The largest absolute Gasteiger partial charge is 0.481 e. The molecule has 2 amide bonds. The van der Waals surface area contributed by atoms with Crippen molar-refractivity contribution >= 4 is 12.0 Å². The third-order valence-electron chi connectivity index (χ3n) is 3.55. The van der Waals surface area contributed by atoms with Gasteiger partial charge in [0.05, 0.1) is 18.7 Å². The van der Waals surface area contributed by atoms with Crippen molar-refractivity contribution in [3.05, 3.63) is 17.8 Å². The maximum Gasteiger partial charge on any atom is 0.318 e. The van der Waals surface area contributed by atoms with E-state index < -0.39 is 5.97 Å². The Kier molecular flexibility index (Phi) is 4.26. The number of hydrogen-bond donors (Lipinski definition) is 2. The number of nitrogens with zero attached hydrogens (tertiary/aromatic N) is 2. The summed E-state index contributed by atoms with van der Waals surface area (Å²) in [5.74, 6) is 0.0180. The third-order valence-corrected chi connectivity index (χ3v) is 3.55. The Morgan fingerprint density at radius 1 is 1.60 bits per heavy atom. The first kappa shape index (κ1) is 14.4. The van der Waals surface area contributed by atoms with E-state index >= 15 is 0 Å². The van der Waals surface area contributed by atoms with E-state index in [1.165, 1.54) is 0 Å². The molecule has 7 nitrogen and oxygen atoms in total. The second-order valence-corrected chi connectivity index (χ2v) is 5.13. The monoisotopic (exact) mass is 281 g/mol. The minimum absolute atomic E-state index is 0.0869. The quantitative estimate of drug-likeness (QED) is 0.872. The molecule has 2 unspecified atom stereocenters. The average Bonchev–Trinajstić information content (AvgIpc) is 2.81. The van der Waals surface area contributed by atoms with Crippen LogP contribution in [0.2, 0.25) is 0 Å². The van der Waals surface area contributed by atoms with Crippen LogP contribution in [0.4, 0.5) is 4.79 Å². The van der Waals surface area contributed by atoms with Crippen molar-refractivity contribution in [1.29, 1.82) is 0 Å². The van der Waals surface area contributed by atoms with Crippen LogP contribution in [0.25, 0.3) is 0 Å². The van der Waals surface area contributed by atoms with Gasteiger partial charge in [-0.15, -0.1) is 0 Å². The molecular weight excluding hydrogens is 262 g/mol. The SMILES string of the molecule is Cc1cnc(CNC(=O)N2CCC(C(=O)O)CC2C)o1. The summed E-state index contributed by atoms with van der Waals surface area (Å²) in [5, 5.41) is 11.7. The highest BCUT2D eigenvalue weighted by molar-refractivity contribution is 5.75. The molecule has 1 aliphatic rings. The molecule has 0 aromatic carbocycles. The first-order valence-electron chi connectivity index (χ1n) is 6.66. The Morgan fingerprint density at radius 2 is 2.35 bits per heavy atom. The first-order valence-corrected chi connectivity index (χ1v) is 6.66. The Morgan fingerprint density at radius 3 is 2.90 bits per heavy atom.